The van der Waals surface area contributed by atoms with Gasteiger partial charge in [-0.3, -0.25) is 0 Å². The van der Waals surface area contributed by atoms with Gasteiger partial charge in [0.05, 0.1) is 12.5 Å². The van der Waals surface area contributed by atoms with Crippen LogP contribution in [0, 0.1) is 0 Å². The van der Waals surface area contributed by atoms with Crippen LogP contribution in [0.5, 0.6) is 0 Å². The van der Waals surface area contributed by atoms with Crippen LogP contribution in [-0.4, -0.2) is 36.6 Å². The van der Waals surface area contributed by atoms with Crippen LogP contribution < -0.4 is 4.90 Å². The Morgan fingerprint density at radius 1 is 1.29 bits per heavy atom. The standard InChI is InChI=1S/C19H21N3O2/c1-5-24-19(23)15-11-20-17(21-18(15)22(3)4)16-12(2)10-13-8-6-7-9-14(13)16/h6-11,16H,5H2,1-4H3. The van der Waals surface area contributed by atoms with Gasteiger partial charge in [-0.1, -0.05) is 35.9 Å². The molecule has 0 N–H and O–H groups in total. The fraction of sp³-hybridized carbons (Fsp3) is 0.316. The highest BCUT2D eigenvalue weighted by atomic mass is 16.5. The van der Waals surface area contributed by atoms with E-state index >= 15 is 0 Å². The summed E-state index contributed by atoms with van der Waals surface area (Å²) in [6.45, 7) is 4.19. The van der Waals surface area contributed by atoms with Crippen molar-refractivity contribution in [2.75, 3.05) is 25.6 Å². The highest BCUT2D eigenvalue weighted by Crippen LogP contribution is 2.39. The third-order valence-corrected chi connectivity index (χ3v) is 4.11. The summed E-state index contributed by atoms with van der Waals surface area (Å²) in [5.74, 6) is 0.907. The van der Waals surface area contributed by atoms with E-state index in [-0.39, 0.29) is 5.92 Å². The molecule has 124 valence electrons. The maximum Gasteiger partial charge on any atom is 0.343 e. The largest absolute Gasteiger partial charge is 0.462 e. The third-order valence-electron chi connectivity index (χ3n) is 4.11. The van der Waals surface area contributed by atoms with Crippen molar-refractivity contribution in [3.8, 4) is 0 Å². The van der Waals surface area contributed by atoms with Gasteiger partial charge < -0.3 is 9.64 Å². The molecule has 0 spiro atoms. The molecule has 0 amide bonds. The average Bonchev–Trinajstić information content (AvgIpc) is 2.90. The lowest BCUT2D eigenvalue weighted by Gasteiger charge is -2.19. The number of carbonyl (C=O) groups excluding carboxylic acids is 1. The van der Waals surface area contributed by atoms with Crippen LogP contribution in [0.25, 0.3) is 6.08 Å². The summed E-state index contributed by atoms with van der Waals surface area (Å²) in [4.78, 5) is 23.1. The Kier molecular flexibility index (Phi) is 4.34. The number of anilines is 1. The Bertz CT molecular complexity index is 812. The quantitative estimate of drug-likeness (QED) is 0.808. The number of ether oxygens (including phenoxy) is 1. The molecule has 0 saturated heterocycles. The molecule has 1 aliphatic carbocycles. The van der Waals surface area contributed by atoms with E-state index in [1.54, 1.807) is 13.1 Å². The van der Waals surface area contributed by atoms with Crippen molar-refractivity contribution in [2.45, 2.75) is 19.8 Å². The summed E-state index contributed by atoms with van der Waals surface area (Å²) >= 11 is 0. The van der Waals surface area contributed by atoms with Gasteiger partial charge in [0.15, 0.2) is 0 Å². The van der Waals surface area contributed by atoms with Gasteiger partial charge in [-0.15, -0.1) is 0 Å². The molecular weight excluding hydrogens is 302 g/mol. The van der Waals surface area contributed by atoms with Gasteiger partial charge in [0, 0.05) is 20.3 Å². The molecule has 0 bridgehead atoms. The Morgan fingerprint density at radius 2 is 2.04 bits per heavy atom. The molecule has 0 saturated carbocycles. The SMILES string of the molecule is CCOC(=O)c1cnc(C2C(C)=Cc3ccccc32)nc1N(C)C. The van der Waals surface area contributed by atoms with Crippen molar-refractivity contribution in [2.24, 2.45) is 0 Å². The number of aromatic nitrogens is 2. The minimum Gasteiger partial charge on any atom is -0.462 e. The van der Waals surface area contributed by atoms with Crippen molar-refractivity contribution in [1.29, 1.82) is 0 Å². The van der Waals surface area contributed by atoms with E-state index in [2.05, 4.69) is 35.1 Å². The maximum atomic E-state index is 12.1. The molecule has 0 fully saturated rings. The number of rotatable bonds is 4. The van der Waals surface area contributed by atoms with Gasteiger partial charge in [0.2, 0.25) is 0 Å². The van der Waals surface area contributed by atoms with Crippen molar-refractivity contribution >= 4 is 17.9 Å². The van der Waals surface area contributed by atoms with Gasteiger partial charge in [0.1, 0.15) is 17.2 Å². The smallest absolute Gasteiger partial charge is 0.343 e. The molecule has 1 aromatic heterocycles. The molecule has 24 heavy (non-hydrogen) atoms. The molecule has 5 heteroatoms. The summed E-state index contributed by atoms with van der Waals surface area (Å²) in [5, 5.41) is 0. The van der Waals surface area contributed by atoms with Crippen LogP contribution in [-0.2, 0) is 4.74 Å². The Balaban J connectivity index is 2.06. The lowest BCUT2D eigenvalue weighted by molar-refractivity contribution is 0.0526. The molecule has 1 atom stereocenters. The summed E-state index contributed by atoms with van der Waals surface area (Å²) < 4.78 is 5.10. The Morgan fingerprint density at radius 3 is 2.75 bits per heavy atom. The second kappa shape index (κ2) is 6.43. The van der Waals surface area contributed by atoms with E-state index in [4.69, 9.17) is 4.74 Å². The first-order valence-electron chi connectivity index (χ1n) is 8.01. The van der Waals surface area contributed by atoms with Crippen molar-refractivity contribution < 1.29 is 9.53 Å². The number of fused-ring (bicyclic) bond motifs is 1. The molecule has 5 nitrogen and oxygen atoms in total. The number of hydrogen-bond acceptors (Lipinski definition) is 5. The molecule has 1 unspecified atom stereocenters. The highest BCUT2D eigenvalue weighted by molar-refractivity contribution is 5.94. The average molecular weight is 323 g/mol. The lowest BCUT2D eigenvalue weighted by Crippen LogP contribution is -2.20. The van der Waals surface area contributed by atoms with Gasteiger partial charge in [-0.05, 0) is 25.0 Å². The number of nitrogens with zero attached hydrogens (tertiary/aromatic N) is 3. The van der Waals surface area contributed by atoms with E-state index in [0.29, 0.717) is 23.8 Å². The molecule has 0 aliphatic heterocycles. The van der Waals surface area contributed by atoms with E-state index < -0.39 is 5.97 Å². The molecule has 1 aliphatic rings. The number of esters is 1. The van der Waals surface area contributed by atoms with Crippen molar-refractivity contribution in [3.63, 3.8) is 0 Å². The first-order valence-corrected chi connectivity index (χ1v) is 8.01. The summed E-state index contributed by atoms with van der Waals surface area (Å²) in [5.41, 5.74) is 3.98. The van der Waals surface area contributed by atoms with Gasteiger partial charge in [-0.2, -0.15) is 0 Å². The zero-order valence-corrected chi connectivity index (χ0v) is 14.4. The fourth-order valence-corrected chi connectivity index (χ4v) is 3.04. The van der Waals surface area contributed by atoms with Crippen molar-refractivity contribution in [3.05, 3.63) is 58.6 Å². The normalized spacial score (nSPS) is 15.7. The fourth-order valence-electron chi connectivity index (χ4n) is 3.04. The first-order chi connectivity index (χ1) is 11.5. The number of hydrogen-bond donors (Lipinski definition) is 0. The second-order valence-electron chi connectivity index (χ2n) is 6.03. The first kappa shape index (κ1) is 16.2. The molecule has 1 aromatic carbocycles. The number of benzene rings is 1. The summed E-state index contributed by atoms with van der Waals surface area (Å²) in [7, 11) is 3.72. The minimum atomic E-state index is -0.396. The summed E-state index contributed by atoms with van der Waals surface area (Å²) in [6.07, 6.45) is 3.74. The molecule has 3 rings (SSSR count). The summed E-state index contributed by atoms with van der Waals surface area (Å²) in [6, 6.07) is 8.25. The van der Waals surface area contributed by atoms with E-state index in [1.165, 1.54) is 16.7 Å². The van der Waals surface area contributed by atoms with Crippen LogP contribution >= 0.6 is 0 Å². The van der Waals surface area contributed by atoms with Crippen LogP contribution in [0.15, 0.2) is 36.0 Å². The van der Waals surface area contributed by atoms with Gasteiger partial charge in [0.25, 0.3) is 0 Å². The monoisotopic (exact) mass is 323 g/mol. The van der Waals surface area contributed by atoms with Gasteiger partial charge >= 0.3 is 5.97 Å². The Hall–Kier alpha value is -2.69. The molecular formula is C19H21N3O2. The lowest BCUT2D eigenvalue weighted by atomic mass is 9.95. The van der Waals surface area contributed by atoms with E-state index in [0.717, 1.165) is 0 Å². The third kappa shape index (κ3) is 2.77. The van der Waals surface area contributed by atoms with Crippen LogP contribution in [0.4, 0.5) is 5.82 Å². The zero-order chi connectivity index (χ0) is 17.3. The van der Waals surface area contributed by atoms with E-state index in [1.807, 2.05) is 31.1 Å². The van der Waals surface area contributed by atoms with Crippen LogP contribution in [0.2, 0.25) is 0 Å². The van der Waals surface area contributed by atoms with Crippen LogP contribution in [0.1, 0.15) is 47.1 Å². The number of carbonyl (C=O) groups is 1. The number of allylic oxidation sites excluding steroid dienone is 1. The topological polar surface area (TPSA) is 55.3 Å². The zero-order valence-electron chi connectivity index (χ0n) is 14.4. The predicted octanol–water partition coefficient (Wildman–Crippen LogP) is 3.27. The molecule has 1 heterocycles. The Labute approximate surface area is 142 Å². The molecule has 2 aromatic rings. The van der Waals surface area contributed by atoms with Crippen LogP contribution in [0.3, 0.4) is 0 Å². The predicted molar refractivity (Wildman–Crippen MR) is 94.3 cm³/mol. The molecule has 0 radical (unpaired) electrons. The van der Waals surface area contributed by atoms with E-state index in [9.17, 15) is 4.79 Å². The van der Waals surface area contributed by atoms with Gasteiger partial charge in [-0.25, -0.2) is 14.8 Å². The minimum absolute atomic E-state index is 0.0242. The maximum absolute atomic E-state index is 12.1. The highest BCUT2D eigenvalue weighted by Gasteiger charge is 2.28. The van der Waals surface area contributed by atoms with Crippen molar-refractivity contribution in [1.82, 2.24) is 9.97 Å². The second-order valence-corrected chi connectivity index (χ2v) is 6.03.